The zero-order valence-electron chi connectivity index (χ0n) is 12.6. The number of carbonyl (C=O) groups excluding carboxylic acids is 1. The second-order valence-electron chi connectivity index (χ2n) is 6.15. The largest absolute Gasteiger partial charge is 0.507 e. The fourth-order valence-corrected chi connectivity index (χ4v) is 2.73. The predicted molar refractivity (Wildman–Crippen MR) is 82.7 cm³/mol. The SMILES string of the molecule is CC1(C)CCc2c(O)cc(O)c(C(=O)c3ccccc3)c2O1. The number of ketones is 1. The minimum Gasteiger partial charge on any atom is -0.507 e. The molecule has 0 spiro atoms. The average Bonchev–Trinajstić information content (AvgIpc) is 2.46. The van der Waals surface area contributed by atoms with Crippen LogP contribution in [0.2, 0.25) is 0 Å². The highest BCUT2D eigenvalue weighted by Gasteiger charge is 2.34. The first-order chi connectivity index (χ1) is 10.4. The number of ether oxygens (including phenoxy) is 1. The molecule has 0 bridgehead atoms. The molecule has 114 valence electrons. The van der Waals surface area contributed by atoms with Crippen molar-refractivity contribution in [1.29, 1.82) is 0 Å². The number of benzene rings is 2. The molecule has 0 atom stereocenters. The maximum Gasteiger partial charge on any atom is 0.200 e. The van der Waals surface area contributed by atoms with E-state index in [0.29, 0.717) is 23.3 Å². The van der Waals surface area contributed by atoms with Crippen LogP contribution in [0.3, 0.4) is 0 Å². The highest BCUT2D eigenvalue weighted by molar-refractivity contribution is 6.13. The van der Waals surface area contributed by atoms with E-state index in [-0.39, 0.29) is 22.8 Å². The predicted octanol–water partition coefficient (Wildman–Crippen LogP) is 3.43. The molecule has 3 rings (SSSR count). The number of carbonyl (C=O) groups is 1. The van der Waals surface area contributed by atoms with Gasteiger partial charge >= 0.3 is 0 Å². The summed E-state index contributed by atoms with van der Waals surface area (Å²) in [6, 6.07) is 9.95. The Morgan fingerprint density at radius 3 is 2.50 bits per heavy atom. The van der Waals surface area contributed by atoms with Gasteiger partial charge in [-0.05, 0) is 26.7 Å². The van der Waals surface area contributed by atoms with E-state index in [2.05, 4.69) is 0 Å². The van der Waals surface area contributed by atoms with E-state index >= 15 is 0 Å². The number of phenols is 2. The van der Waals surface area contributed by atoms with Crippen molar-refractivity contribution in [2.45, 2.75) is 32.3 Å². The summed E-state index contributed by atoms with van der Waals surface area (Å²) >= 11 is 0. The lowest BCUT2D eigenvalue weighted by atomic mass is 9.89. The molecule has 0 aromatic heterocycles. The Morgan fingerprint density at radius 2 is 1.82 bits per heavy atom. The summed E-state index contributed by atoms with van der Waals surface area (Å²) in [5, 5.41) is 20.2. The molecular weight excluding hydrogens is 280 g/mol. The molecule has 4 nitrogen and oxygen atoms in total. The summed E-state index contributed by atoms with van der Waals surface area (Å²) in [7, 11) is 0. The van der Waals surface area contributed by atoms with Crippen LogP contribution in [0.5, 0.6) is 17.2 Å². The molecule has 0 radical (unpaired) electrons. The van der Waals surface area contributed by atoms with Gasteiger partial charge in [0.05, 0.1) is 0 Å². The number of hydrogen-bond acceptors (Lipinski definition) is 4. The standard InChI is InChI=1S/C18H18O4/c1-18(2)9-8-12-13(19)10-14(20)15(17(12)22-18)16(21)11-6-4-3-5-7-11/h3-7,10,19-20H,8-9H2,1-2H3. The Bertz CT molecular complexity index is 732. The Kier molecular flexibility index (Phi) is 3.32. The fourth-order valence-electron chi connectivity index (χ4n) is 2.73. The molecule has 0 aliphatic carbocycles. The summed E-state index contributed by atoms with van der Waals surface area (Å²) in [5.41, 5.74) is 0.722. The molecule has 0 saturated carbocycles. The van der Waals surface area contributed by atoms with Gasteiger partial charge in [-0.25, -0.2) is 0 Å². The quantitative estimate of drug-likeness (QED) is 0.834. The summed E-state index contributed by atoms with van der Waals surface area (Å²) < 4.78 is 5.91. The van der Waals surface area contributed by atoms with Gasteiger partial charge in [0.2, 0.25) is 5.78 Å². The molecule has 2 aromatic rings. The number of phenolic OH excluding ortho intramolecular Hbond substituents is 2. The van der Waals surface area contributed by atoms with Crippen LogP contribution < -0.4 is 4.74 Å². The van der Waals surface area contributed by atoms with Crippen molar-refractivity contribution in [1.82, 2.24) is 0 Å². The van der Waals surface area contributed by atoms with Gasteiger partial charge in [0, 0.05) is 17.2 Å². The minimum atomic E-state index is -0.445. The van der Waals surface area contributed by atoms with Gasteiger partial charge in [-0.1, -0.05) is 30.3 Å². The van der Waals surface area contributed by atoms with Gasteiger partial charge in [0.1, 0.15) is 28.4 Å². The first-order valence-electron chi connectivity index (χ1n) is 7.25. The molecule has 2 N–H and O–H groups in total. The molecule has 0 saturated heterocycles. The molecule has 1 heterocycles. The third kappa shape index (κ3) is 2.41. The van der Waals surface area contributed by atoms with Crippen LogP contribution in [0.1, 0.15) is 41.8 Å². The smallest absolute Gasteiger partial charge is 0.200 e. The second kappa shape index (κ2) is 5.05. The van der Waals surface area contributed by atoms with Gasteiger partial charge in [-0.15, -0.1) is 0 Å². The molecule has 22 heavy (non-hydrogen) atoms. The lowest BCUT2D eigenvalue weighted by molar-refractivity contribution is 0.0799. The summed E-state index contributed by atoms with van der Waals surface area (Å²) in [6.45, 7) is 3.85. The second-order valence-corrected chi connectivity index (χ2v) is 6.15. The molecule has 0 amide bonds. The Labute approximate surface area is 129 Å². The summed E-state index contributed by atoms with van der Waals surface area (Å²) in [5.74, 6) is -0.315. The molecular formula is C18H18O4. The van der Waals surface area contributed by atoms with Crippen LogP contribution in [-0.2, 0) is 6.42 Å². The zero-order valence-corrected chi connectivity index (χ0v) is 12.6. The maximum absolute atomic E-state index is 12.7. The van der Waals surface area contributed by atoms with Crippen molar-refractivity contribution in [3.63, 3.8) is 0 Å². The van der Waals surface area contributed by atoms with Crippen LogP contribution in [0.25, 0.3) is 0 Å². The van der Waals surface area contributed by atoms with Crippen LogP contribution in [0, 0.1) is 0 Å². The normalized spacial score (nSPS) is 15.7. The van der Waals surface area contributed by atoms with Crippen LogP contribution in [-0.4, -0.2) is 21.6 Å². The van der Waals surface area contributed by atoms with Crippen molar-refractivity contribution in [3.8, 4) is 17.2 Å². The van der Waals surface area contributed by atoms with Crippen LogP contribution in [0.4, 0.5) is 0 Å². The van der Waals surface area contributed by atoms with E-state index in [1.54, 1.807) is 24.3 Å². The average molecular weight is 298 g/mol. The monoisotopic (exact) mass is 298 g/mol. The van der Waals surface area contributed by atoms with E-state index in [1.165, 1.54) is 6.07 Å². The molecule has 1 aliphatic rings. The van der Waals surface area contributed by atoms with E-state index in [0.717, 1.165) is 6.42 Å². The highest BCUT2D eigenvalue weighted by Crippen LogP contribution is 2.45. The Balaban J connectivity index is 2.18. The minimum absolute atomic E-state index is 0.0346. The van der Waals surface area contributed by atoms with Crippen molar-refractivity contribution in [3.05, 3.63) is 53.1 Å². The van der Waals surface area contributed by atoms with Crippen LogP contribution >= 0.6 is 0 Å². The third-order valence-electron chi connectivity index (χ3n) is 3.96. The Morgan fingerprint density at radius 1 is 1.14 bits per heavy atom. The lowest BCUT2D eigenvalue weighted by Gasteiger charge is -2.34. The highest BCUT2D eigenvalue weighted by atomic mass is 16.5. The molecule has 0 unspecified atom stereocenters. The van der Waals surface area contributed by atoms with Crippen molar-refractivity contribution >= 4 is 5.78 Å². The Hall–Kier alpha value is -2.49. The summed E-state index contributed by atoms with van der Waals surface area (Å²) in [6.07, 6.45) is 1.33. The summed E-state index contributed by atoms with van der Waals surface area (Å²) in [4.78, 5) is 12.7. The zero-order chi connectivity index (χ0) is 15.9. The van der Waals surface area contributed by atoms with Crippen molar-refractivity contribution < 1.29 is 19.7 Å². The van der Waals surface area contributed by atoms with E-state index in [9.17, 15) is 15.0 Å². The molecule has 1 aliphatic heterocycles. The molecule has 0 fully saturated rings. The maximum atomic E-state index is 12.7. The third-order valence-corrected chi connectivity index (χ3v) is 3.96. The van der Waals surface area contributed by atoms with Crippen LogP contribution in [0.15, 0.2) is 36.4 Å². The van der Waals surface area contributed by atoms with Gasteiger partial charge in [-0.3, -0.25) is 4.79 Å². The number of hydrogen-bond donors (Lipinski definition) is 2. The molecule has 4 heteroatoms. The van der Waals surface area contributed by atoms with Gasteiger partial charge in [0.15, 0.2) is 0 Å². The number of rotatable bonds is 2. The van der Waals surface area contributed by atoms with Crippen molar-refractivity contribution in [2.24, 2.45) is 0 Å². The van der Waals surface area contributed by atoms with E-state index < -0.39 is 5.60 Å². The van der Waals surface area contributed by atoms with E-state index in [1.807, 2.05) is 19.9 Å². The van der Waals surface area contributed by atoms with Gasteiger partial charge < -0.3 is 14.9 Å². The van der Waals surface area contributed by atoms with Gasteiger partial charge in [-0.2, -0.15) is 0 Å². The first kappa shape index (κ1) is 14.4. The fraction of sp³-hybridized carbons (Fsp3) is 0.278. The lowest BCUT2D eigenvalue weighted by Crippen LogP contribution is -2.33. The van der Waals surface area contributed by atoms with Crippen molar-refractivity contribution in [2.75, 3.05) is 0 Å². The van der Waals surface area contributed by atoms with Gasteiger partial charge in [0.25, 0.3) is 0 Å². The topological polar surface area (TPSA) is 66.8 Å². The first-order valence-corrected chi connectivity index (χ1v) is 7.25. The number of fused-ring (bicyclic) bond motifs is 1. The number of aromatic hydroxyl groups is 2. The van der Waals surface area contributed by atoms with E-state index in [4.69, 9.17) is 4.74 Å². The molecule has 2 aromatic carbocycles.